The van der Waals surface area contributed by atoms with Gasteiger partial charge in [0.1, 0.15) is 17.4 Å². The van der Waals surface area contributed by atoms with Gasteiger partial charge in [-0.15, -0.1) is 0 Å². The van der Waals surface area contributed by atoms with Crippen LogP contribution in [0.5, 0.6) is 5.75 Å². The molecule has 0 unspecified atom stereocenters. The molecule has 0 bridgehead atoms. The smallest absolute Gasteiger partial charge is 0.257 e. The zero-order chi connectivity index (χ0) is 22.4. The van der Waals surface area contributed by atoms with E-state index in [9.17, 15) is 4.79 Å². The van der Waals surface area contributed by atoms with E-state index in [-0.39, 0.29) is 12.0 Å². The number of hydrogen-bond donors (Lipinski definition) is 1. The minimum Gasteiger partial charge on any atom is -0.489 e. The summed E-state index contributed by atoms with van der Waals surface area (Å²) < 4.78 is 6.01. The molecule has 0 saturated carbocycles. The maximum atomic E-state index is 12.5. The quantitative estimate of drug-likeness (QED) is 0.696. The Kier molecular flexibility index (Phi) is 7.60. The second-order valence-electron chi connectivity index (χ2n) is 8.30. The summed E-state index contributed by atoms with van der Waals surface area (Å²) in [5.74, 6) is 2.46. The van der Waals surface area contributed by atoms with E-state index in [2.05, 4.69) is 48.0 Å². The van der Waals surface area contributed by atoms with Gasteiger partial charge in [-0.1, -0.05) is 19.1 Å². The van der Waals surface area contributed by atoms with Gasteiger partial charge in [0.05, 0.1) is 17.4 Å². The molecular weight excluding hydrogens is 390 g/mol. The first-order valence-corrected chi connectivity index (χ1v) is 11.1. The van der Waals surface area contributed by atoms with Gasteiger partial charge in [0.2, 0.25) is 0 Å². The van der Waals surface area contributed by atoms with E-state index >= 15 is 0 Å². The van der Waals surface area contributed by atoms with Crippen molar-refractivity contribution in [3.63, 3.8) is 0 Å². The SMILES string of the molecule is CCCNc1nc(N2CCN(c3ccccc3OC(C)C)CC2)ccc1C(=O)N(C)C. The maximum Gasteiger partial charge on any atom is 0.257 e. The number of piperazine rings is 1. The molecule has 3 rings (SSSR count). The Hall–Kier alpha value is -2.96. The minimum absolute atomic E-state index is 0.0377. The van der Waals surface area contributed by atoms with Gasteiger partial charge in [-0.3, -0.25) is 4.79 Å². The van der Waals surface area contributed by atoms with Crippen molar-refractivity contribution in [2.75, 3.05) is 61.9 Å². The summed E-state index contributed by atoms with van der Waals surface area (Å²) in [4.78, 5) is 23.6. The van der Waals surface area contributed by atoms with Gasteiger partial charge in [-0.25, -0.2) is 4.98 Å². The van der Waals surface area contributed by atoms with Crippen LogP contribution < -0.4 is 19.9 Å². The van der Waals surface area contributed by atoms with Crippen LogP contribution in [-0.4, -0.2) is 68.7 Å². The number of anilines is 3. The monoisotopic (exact) mass is 425 g/mol. The van der Waals surface area contributed by atoms with Crippen molar-refractivity contribution in [1.29, 1.82) is 0 Å². The lowest BCUT2D eigenvalue weighted by Crippen LogP contribution is -2.47. The Morgan fingerprint density at radius 2 is 1.77 bits per heavy atom. The Labute approximate surface area is 186 Å². The molecule has 2 aromatic rings. The fourth-order valence-corrected chi connectivity index (χ4v) is 3.67. The van der Waals surface area contributed by atoms with Crippen LogP contribution in [0, 0.1) is 0 Å². The van der Waals surface area contributed by atoms with Crippen LogP contribution in [0.15, 0.2) is 36.4 Å². The van der Waals surface area contributed by atoms with E-state index in [1.807, 2.05) is 24.3 Å². The fraction of sp³-hybridized carbons (Fsp3) is 0.500. The summed E-state index contributed by atoms with van der Waals surface area (Å²) in [6.45, 7) is 10.5. The molecule has 0 spiro atoms. The van der Waals surface area contributed by atoms with Crippen LogP contribution in [0.3, 0.4) is 0 Å². The van der Waals surface area contributed by atoms with Crippen LogP contribution in [0.25, 0.3) is 0 Å². The predicted octanol–water partition coefficient (Wildman–Crippen LogP) is 3.72. The van der Waals surface area contributed by atoms with E-state index in [1.54, 1.807) is 19.0 Å². The van der Waals surface area contributed by atoms with E-state index in [0.29, 0.717) is 11.4 Å². The topological polar surface area (TPSA) is 60.9 Å². The van der Waals surface area contributed by atoms with Gasteiger partial charge >= 0.3 is 0 Å². The average molecular weight is 426 g/mol. The van der Waals surface area contributed by atoms with Gasteiger partial charge in [0.15, 0.2) is 0 Å². The molecule has 0 aliphatic carbocycles. The van der Waals surface area contributed by atoms with Crippen molar-refractivity contribution in [1.82, 2.24) is 9.88 Å². The number of hydrogen-bond acceptors (Lipinski definition) is 6. The molecule has 1 fully saturated rings. The van der Waals surface area contributed by atoms with Crippen molar-refractivity contribution < 1.29 is 9.53 Å². The van der Waals surface area contributed by atoms with E-state index in [4.69, 9.17) is 9.72 Å². The van der Waals surface area contributed by atoms with E-state index < -0.39 is 0 Å². The van der Waals surface area contributed by atoms with Gasteiger partial charge in [-0.2, -0.15) is 0 Å². The largest absolute Gasteiger partial charge is 0.489 e. The number of carbonyl (C=O) groups is 1. The molecule has 1 aliphatic rings. The third-order valence-corrected chi connectivity index (χ3v) is 5.23. The molecule has 1 aliphatic heterocycles. The number of para-hydroxylation sites is 2. The number of benzene rings is 1. The van der Waals surface area contributed by atoms with Crippen LogP contribution in [0.1, 0.15) is 37.6 Å². The molecular formula is C24H35N5O2. The Balaban J connectivity index is 1.74. The van der Waals surface area contributed by atoms with E-state index in [0.717, 1.165) is 56.4 Å². The lowest BCUT2D eigenvalue weighted by atomic mass is 10.2. The molecule has 7 heteroatoms. The highest BCUT2D eigenvalue weighted by Gasteiger charge is 2.23. The lowest BCUT2D eigenvalue weighted by molar-refractivity contribution is 0.0828. The Bertz CT molecular complexity index is 876. The van der Waals surface area contributed by atoms with Crippen LogP contribution in [-0.2, 0) is 0 Å². The number of amides is 1. The van der Waals surface area contributed by atoms with Crippen LogP contribution >= 0.6 is 0 Å². The van der Waals surface area contributed by atoms with Gasteiger partial charge in [0, 0.05) is 46.8 Å². The molecule has 1 amide bonds. The number of nitrogens with zero attached hydrogens (tertiary/aromatic N) is 4. The first-order chi connectivity index (χ1) is 14.9. The normalized spacial score (nSPS) is 14.0. The first-order valence-electron chi connectivity index (χ1n) is 11.1. The molecule has 1 N–H and O–H groups in total. The molecule has 168 valence electrons. The van der Waals surface area contributed by atoms with Crippen LogP contribution in [0.4, 0.5) is 17.3 Å². The van der Waals surface area contributed by atoms with E-state index in [1.165, 1.54) is 0 Å². The third-order valence-electron chi connectivity index (χ3n) is 5.23. The molecule has 1 saturated heterocycles. The highest BCUT2D eigenvalue weighted by molar-refractivity contribution is 5.98. The summed E-state index contributed by atoms with van der Waals surface area (Å²) in [6.07, 6.45) is 1.11. The second-order valence-corrected chi connectivity index (χ2v) is 8.30. The average Bonchev–Trinajstić information content (AvgIpc) is 2.77. The van der Waals surface area contributed by atoms with Crippen molar-refractivity contribution in [2.45, 2.75) is 33.3 Å². The minimum atomic E-state index is -0.0377. The number of rotatable bonds is 8. The number of nitrogens with one attached hydrogen (secondary N) is 1. The number of aromatic nitrogens is 1. The maximum absolute atomic E-state index is 12.5. The zero-order valence-electron chi connectivity index (χ0n) is 19.4. The number of ether oxygens (including phenoxy) is 1. The highest BCUT2D eigenvalue weighted by Crippen LogP contribution is 2.30. The van der Waals surface area contributed by atoms with Crippen molar-refractivity contribution in [3.05, 3.63) is 42.0 Å². The molecule has 1 aromatic heterocycles. The number of pyridine rings is 1. The molecule has 2 heterocycles. The standard InChI is InChI=1S/C24H35N5O2/c1-6-13-25-23-19(24(30)27(4)5)11-12-22(26-23)29-16-14-28(15-17-29)20-9-7-8-10-21(20)31-18(2)3/h7-12,18H,6,13-17H2,1-5H3,(H,25,26). The van der Waals surface area contributed by atoms with Crippen LogP contribution in [0.2, 0.25) is 0 Å². The lowest BCUT2D eigenvalue weighted by Gasteiger charge is -2.37. The molecule has 31 heavy (non-hydrogen) atoms. The summed E-state index contributed by atoms with van der Waals surface area (Å²) in [6, 6.07) is 12.1. The van der Waals surface area contributed by atoms with Crippen molar-refractivity contribution in [2.24, 2.45) is 0 Å². The van der Waals surface area contributed by atoms with Crippen molar-refractivity contribution in [3.8, 4) is 5.75 Å². The summed E-state index contributed by atoms with van der Waals surface area (Å²) in [7, 11) is 3.53. The summed E-state index contributed by atoms with van der Waals surface area (Å²) in [5, 5.41) is 3.33. The van der Waals surface area contributed by atoms with Gasteiger partial charge in [0.25, 0.3) is 5.91 Å². The molecule has 7 nitrogen and oxygen atoms in total. The number of carbonyl (C=O) groups excluding carboxylic acids is 1. The molecule has 0 radical (unpaired) electrons. The fourth-order valence-electron chi connectivity index (χ4n) is 3.67. The highest BCUT2D eigenvalue weighted by atomic mass is 16.5. The van der Waals surface area contributed by atoms with Crippen molar-refractivity contribution >= 4 is 23.2 Å². The third kappa shape index (κ3) is 5.60. The second kappa shape index (κ2) is 10.4. The van der Waals surface area contributed by atoms with Gasteiger partial charge in [-0.05, 0) is 44.5 Å². The van der Waals surface area contributed by atoms with Gasteiger partial charge < -0.3 is 24.8 Å². The molecule has 1 aromatic carbocycles. The zero-order valence-corrected chi connectivity index (χ0v) is 19.4. The molecule has 0 atom stereocenters. The summed E-state index contributed by atoms with van der Waals surface area (Å²) >= 11 is 0. The predicted molar refractivity (Wildman–Crippen MR) is 128 cm³/mol. The summed E-state index contributed by atoms with van der Waals surface area (Å²) in [5.41, 5.74) is 1.75. The first kappa shape index (κ1) is 22.7. The Morgan fingerprint density at radius 3 is 2.42 bits per heavy atom. The Morgan fingerprint density at radius 1 is 1.10 bits per heavy atom.